The van der Waals surface area contributed by atoms with Crippen LogP contribution < -0.4 is 10.6 Å². The minimum absolute atomic E-state index is 0.120. The average Bonchev–Trinajstić information content (AvgIpc) is 2.98. The Labute approximate surface area is 120 Å². The van der Waals surface area contributed by atoms with E-state index in [1.54, 1.807) is 12.4 Å². The van der Waals surface area contributed by atoms with Gasteiger partial charge >= 0.3 is 0 Å². The Morgan fingerprint density at radius 3 is 2.90 bits per heavy atom. The van der Waals surface area contributed by atoms with Gasteiger partial charge in [-0.15, -0.1) is 0 Å². The molecular weight excluding hydrogens is 274 g/mol. The van der Waals surface area contributed by atoms with E-state index in [9.17, 15) is 14.9 Å². The highest BCUT2D eigenvalue weighted by molar-refractivity contribution is 6.00. The van der Waals surface area contributed by atoms with Gasteiger partial charge in [0.05, 0.1) is 16.7 Å². The SMILES string of the molecule is CCNc1ccc([N+](=O)[O-])cc1C(=O)NCc1cn[nH]c1. The fourth-order valence-electron chi connectivity index (χ4n) is 1.83. The van der Waals surface area contributed by atoms with Gasteiger partial charge in [0.2, 0.25) is 0 Å². The third kappa shape index (κ3) is 3.56. The third-order valence-electron chi connectivity index (χ3n) is 2.83. The quantitative estimate of drug-likeness (QED) is 0.553. The van der Waals surface area contributed by atoms with E-state index in [4.69, 9.17) is 0 Å². The molecule has 0 aliphatic heterocycles. The van der Waals surface area contributed by atoms with Crippen molar-refractivity contribution in [1.29, 1.82) is 0 Å². The first-order valence-corrected chi connectivity index (χ1v) is 6.40. The van der Waals surface area contributed by atoms with Gasteiger partial charge < -0.3 is 10.6 Å². The molecule has 2 rings (SSSR count). The van der Waals surface area contributed by atoms with E-state index < -0.39 is 4.92 Å². The maximum atomic E-state index is 12.2. The van der Waals surface area contributed by atoms with Crippen molar-refractivity contribution in [2.24, 2.45) is 0 Å². The molecule has 3 N–H and O–H groups in total. The van der Waals surface area contributed by atoms with Crippen LogP contribution in [0.5, 0.6) is 0 Å². The van der Waals surface area contributed by atoms with E-state index >= 15 is 0 Å². The predicted molar refractivity (Wildman–Crippen MR) is 77.0 cm³/mol. The van der Waals surface area contributed by atoms with E-state index in [2.05, 4.69) is 20.8 Å². The number of nitro groups is 1. The van der Waals surface area contributed by atoms with Crippen LogP contribution in [0.3, 0.4) is 0 Å². The number of H-pyrrole nitrogens is 1. The van der Waals surface area contributed by atoms with Crippen molar-refractivity contribution in [2.75, 3.05) is 11.9 Å². The average molecular weight is 289 g/mol. The first-order valence-electron chi connectivity index (χ1n) is 6.40. The van der Waals surface area contributed by atoms with E-state index in [0.717, 1.165) is 5.56 Å². The van der Waals surface area contributed by atoms with Crippen molar-refractivity contribution in [3.8, 4) is 0 Å². The van der Waals surface area contributed by atoms with Crippen LogP contribution >= 0.6 is 0 Å². The monoisotopic (exact) mass is 289 g/mol. The van der Waals surface area contributed by atoms with Gasteiger partial charge in [0.1, 0.15) is 0 Å². The topological polar surface area (TPSA) is 113 Å². The van der Waals surface area contributed by atoms with E-state index in [-0.39, 0.29) is 17.2 Å². The summed E-state index contributed by atoms with van der Waals surface area (Å²) in [6.07, 6.45) is 3.26. The second-order valence-corrected chi connectivity index (χ2v) is 4.31. The lowest BCUT2D eigenvalue weighted by molar-refractivity contribution is -0.384. The van der Waals surface area contributed by atoms with Crippen molar-refractivity contribution in [3.63, 3.8) is 0 Å². The fourth-order valence-corrected chi connectivity index (χ4v) is 1.83. The number of aromatic amines is 1. The summed E-state index contributed by atoms with van der Waals surface area (Å²) in [5.74, 6) is -0.379. The van der Waals surface area contributed by atoms with Gasteiger partial charge in [-0.25, -0.2) is 0 Å². The first kappa shape index (κ1) is 14.5. The molecule has 0 atom stereocenters. The Morgan fingerprint density at radius 1 is 1.48 bits per heavy atom. The number of nitrogens with one attached hydrogen (secondary N) is 3. The van der Waals surface area contributed by atoms with Gasteiger partial charge in [0, 0.05) is 42.7 Å². The maximum absolute atomic E-state index is 12.2. The van der Waals surface area contributed by atoms with Crippen molar-refractivity contribution >= 4 is 17.3 Å². The normalized spacial score (nSPS) is 10.1. The second-order valence-electron chi connectivity index (χ2n) is 4.31. The molecular formula is C13H15N5O3. The molecule has 0 radical (unpaired) electrons. The third-order valence-corrected chi connectivity index (χ3v) is 2.83. The largest absolute Gasteiger partial charge is 0.385 e. The molecule has 0 bridgehead atoms. The summed E-state index contributed by atoms with van der Waals surface area (Å²) in [6.45, 7) is 2.79. The van der Waals surface area contributed by atoms with E-state index in [1.807, 2.05) is 6.92 Å². The fraction of sp³-hybridized carbons (Fsp3) is 0.231. The number of amides is 1. The summed E-state index contributed by atoms with van der Waals surface area (Å²) < 4.78 is 0. The zero-order valence-corrected chi connectivity index (χ0v) is 11.4. The lowest BCUT2D eigenvalue weighted by Gasteiger charge is -2.10. The number of carbonyl (C=O) groups is 1. The first-order chi connectivity index (χ1) is 10.1. The van der Waals surface area contributed by atoms with Crippen molar-refractivity contribution in [1.82, 2.24) is 15.5 Å². The highest BCUT2D eigenvalue weighted by Gasteiger charge is 2.16. The summed E-state index contributed by atoms with van der Waals surface area (Å²) in [7, 11) is 0. The minimum atomic E-state index is -0.525. The molecule has 1 aromatic carbocycles. The van der Waals surface area contributed by atoms with Crippen LogP contribution in [0.2, 0.25) is 0 Å². The number of hydrogen-bond acceptors (Lipinski definition) is 5. The summed E-state index contributed by atoms with van der Waals surface area (Å²) in [5, 5.41) is 23.0. The smallest absolute Gasteiger partial charge is 0.270 e. The zero-order chi connectivity index (χ0) is 15.2. The summed E-state index contributed by atoms with van der Waals surface area (Å²) in [6, 6.07) is 4.17. The van der Waals surface area contributed by atoms with Crippen LogP contribution in [-0.4, -0.2) is 27.6 Å². The molecule has 0 saturated carbocycles. The molecule has 0 spiro atoms. The molecule has 8 heteroatoms. The second kappa shape index (κ2) is 6.51. The molecule has 0 unspecified atom stereocenters. The van der Waals surface area contributed by atoms with Gasteiger partial charge in [-0.2, -0.15) is 5.10 Å². The Morgan fingerprint density at radius 2 is 2.29 bits per heavy atom. The van der Waals surface area contributed by atoms with Crippen molar-refractivity contribution in [3.05, 3.63) is 51.8 Å². The maximum Gasteiger partial charge on any atom is 0.270 e. The highest BCUT2D eigenvalue weighted by Crippen LogP contribution is 2.22. The molecule has 0 saturated heterocycles. The van der Waals surface area contributed by atoms with Crippen LogP contribution in [0.25, 0.3) is 0 Å². The van der Waals surface area contributed by atoms with Gasteiger partial charge in [-0.05, 0) is 13.0 Å². The van der Waals surface area contributed by atoms with Crippen LogP contribution in [0.15, 0.2) is 30.6 Å². The number of anilines is 1. The van der Waals surface area contributed by atoms with Crippen molar-refractivity contribution < 1.29 is 9.72 Å². The molecule has 0 fully saturated rings. The molecule has 0 aliphatic rings. The molecule has 0 aliphatic carbocycles. The number of nitro benzene ring substituents is 1. The lowest BCUT2D eigenvalue weighted by Crippen LogP contribution is -2.24. The molecule has 8 nitrogen and oxygen atoms in total. The molecule has 1 aromatic heterocycles. The summed E-state index contributed by atoms with van der Waals surface area (Å²) >= 11 is 0. The molecule has 21 heavy (non-hydrogen) atoms. The number of hydrogen-bond donors (Lipinski definition) is 3. The lowest BCUT2D eigenvalue weighted by atomic mass is 10.1. The van der Waals surface area contributed by atoms with Gasteiger partial charge in [-0.1, -0.05) is 0 Å². The number of carbonyl (C=O) groups excluding carboxylic acids is 1. The Kier molecular flexibility index (Phi) is 4.50. The Bertz CT molecular complexity index is 639. The van der Waals surface area contributed by atoms with Crippen LogP contribution in [0.4, 0.5) is 11.4 Å². The van der Waals surface area contributed by atoms with Gasteiger partial charge in [-0.3, -0.25) is 20.0 Å². The summed E-state index contributed by atoms with van der Waals surface area (Å²) in [4.78, 5) is 22.5. The Hall–Kier alpha value is -2.90. The van der Waals surface area contributed by atoms with Crippen molar-refractivity contribution in [2.45, 2.75) is 13.5 Å². The molecule has 2 aromatic rings. The molecule has 1 amide bonds. The van der Waals surface area contributed by atoms with E-state index in [1.165, 1.54) is 18.2 Å². The minimum Gasteiger partial charge on any atom is -0.385 e. The number of non-ortho nitro benzene ring substituents is 1. The number of nitrogens with zero attached hydrogens (tertiary/aromatic N) is 2. The number of aromatic nitrogens is 2. The predicted octanol–water partition coefficient (Wildman–Crippen LogP) is 1.68. The van der Waals surface area contributed by atoms with Crippen LogP contribution in [0, 0.1) is 10.1 Å². The van der Waals surface area contributed by atoms with Gasteiger partial charge in [0.25, 0.3) is 11.6 Å². The standard InChI is InChI=1S/C13H15N5O3/c1-2-14-12-4-3-10(18(20)21)5-11(12)13(19)15-6-9-7-16-17-8-9/h3-5,7-8,14H,2,6H2,1H3,(H,15,19)(H,16,17). The van der Waals surface area contributed by atoms with Crippen LogP contribution in [0.1, 0.15) is 22.8 Å². The highest BCUT2D eigenvalue weighted by atomic mass is 16.6. The van der Waals surface area contributed by atoms with Gasteiger partial charge in [0.15, 0.2) is 0 Å². The number of rotatable bonds is 6. The molecule has 1 heterocycles. The Balaban J connectivity index is 2.20. The molecule has 110 valence electrons. The zero-order valence-electron chi connectivity index (χ0n) is 11.4. The van der Waals surface area contributed by atoms with E-state index in [0.29, 0.717) is 18.8 Å². The summed E-state index contributed by atoms with van der Waals surface area (Å²) in [5.41, 5.74) is 1.51. The van der Waals surface area contributed by atoms with Crippen LogP contribution in [-0.2, 0) is 6.54 Å². The number of benzene rings is 1.